The van der Waals surface area contributed by atoms with Crippen molar-refractivity contribution in [2.75, 3.05) is 6.54 Å². The Balaban J connectivity index is 1.91. The molecule has 0 radical (unpaired) electrons. The van der Waals surface area contributed by atoms with E-state index in [1.165, 1.54) is 10.4 Å². The van der Waals surface area contributed by atoms with Crippen LogP contribution < -0.4 is 0 Å². The molecule has 0 aliphatic carbocycles. The summed E-state index contributed by atoms with van der Waals surface area (Å²) in [7, 11) is -3.59. The first-order valence-corrected chi connectivity index (χ1v) is 9.57. The Hall–Kier alpha value is -1.37. The predicted octanol–water partition coefficient (Wildman–Crippen LogP) is 3.81. The molecule has 124 valence electrons. The average Bonchev–Trinajstić information content (AvgIpc) is 3.16. The van der Waals surface area contributed by atoms with Gasteiger partial charge in [0, 0.05) is 24.1 Å². The van der Waals surface area contributed by atoms with Crippen molar-refractivity contribution in [1.82, 2.24) is 9.46 Å². The maximum absolute atomic E-state index is 12.9. The van der Waals surface area contributed by atoms with E-state index in [1.807, 2.05) is 6.07 Å². The quantitative estimate of drug-likeness (QED) is 0.819. The second kappa shape index (κ2) is 6.63. The number of nitrogens with zero attached hydrogens (tertiary/aromatic N) is 2. The van der Waals surface area contributed by atoms with Gasteiger partial charge in [0.05, 0.1) is 10.9 Å². The van der Waals surface area contributed by atoms with Gasteiger partial charge in [-0.05, 0) is 37.5 Å². The lowest BCUT2D eigenvalue weighted by Gasteiger charge is -2.22. The number of aromatic nitrogens is 1. The number of aryl methyl sites for hydroxylation is 1. The summed E-state index contributed by atoms with van der Waals surface area (Å²) in [5, 5.41) is 4.50. The van der Waals surface area contributed by atoms with E-state index in [0.29, 0.717) is 17.3 Å². The molecular weight excluding hydrogens is 336 g/mol. The fraction of sp³-hybridized carbons (Fsp3) is 0.438. The highest BCUT2D eigenvalue weighted by Gasteiger charge is 2.37. The first-order chi connectivity index (χ1) is 11.0. The lowest BCUT2D eigenvalue weighted by Crippen LogP contribution is -2.30. The van der Waals surface area contributed by atoms with Crippen molar-refractivity contribution < 1.29 is 12.9 Å². The second-order valence-corrected chi connectivity index (χ2v) is 8.03. The Morgan fingerprint density at radius 1 is 1.39 bits per heavy atom. The first kappa shape index (κ1) is 16.5. The zero-order valence-electron chi connectivity index (χ0n) is 12.9. The third kappa shape index (κ3) is 3.29. The molecule has 0 saturated carbocycles. The van der Waals surface area contributed by atoms with E-state index in [0.717, 1.165) is 31.4 Å². The molecule has 1 aromatic heterocycles. The molecule has 1 aliphatic heterocycles. The smallest absolute Gasteiger partial charge is 0.243 e. The molecule has 23 heavy (non-hydrogen) atoms. The van der Waals surface area contributed by atoms with Gasteiger partial charge in [-0.3, -0.25) is 0 Å². The van der Waals surface area contributed by atoms with Crippen LogP contribution in [0.5, 0.6) is 0 Å². The van der Waals surface area contributed by atoms with E-state index in [1.54, 1.807) is 18.2 Å². The average molecular weight is 355 g/mol. The number of benzene rings is 1. The van der Waals surface area contributed by atoms with Crippen molar-refractivity contribution >= 4 is 21.6 Å². The van der Waals surface area contributed by atoms with Crippen LogP contribution >= 0.6 is 11.6 Å². The summed E-state index contributed by atoms with van der Waals surface area (Å²) >= 11 is 5.94. The summed E-state index contributed by atoms with van der Waals surface area (Å²) in [4.78, 5) is 0.217. The van der Waals surface area contributed by atoms with Crippen molar-refractivity contribution in [2.45, 2.75) is 43.5 Å². The number of sulfonamides is 1. The third-order valence-corrected chi connectivity index (χ3v) is 6.16. The van der Waals surface area contributed by atoms with Gasteiger partial charge in [0.2, 0.25) is 10.0 Å². The summed E-state index contributed by atoms with van der Waals surface area (Å²) in [5.41, 5.74) is 0.691. The minimum Gasteiger partial charge on any atom is -0.361 e. The summed E-state index contributed by atoms with van der Waals surface area (Å²) in [6, 6.07) is 7.97. The number of hydrogen-bond acceptors (Lipinski definition) is 4. The normalized spacial score (nSPS) is 19.3. The van der Waals surface area contributed by atoms with Crippen LogP contribution in [0.2, 0.25) is 5.02 Å². The largest absolute Gasteiger partial charge is 0.361 e. The fourth-order valence-electron chi connectivity index (χ4n) is 2.94. The number of hydrogen-bond donors (Lipinski definition) is 0. The van der Waals surface area contributed by atoms with E-state index in [2.05, 4.69) is 12.1 Å². The molecule has 0 amide bonds. The fourth-order valence-corrected chi connectivity index (χ4v) is 4.91. The Morgan fingerprint density at radius 3 is 2.96 bits per heavy atom. The Kier molecular flexibility index (Phi) is 4.75. The highest BCUT2D eigenvalue weighted by molar-refractivity contribution is 7.89. The van der Waals surface area contributed by atoms with Gasteiger partial charge >= 0.3 is 0 Å². The molecule has 0 unspecified atom stereocenters. The zero-order chi connectivity index (χ0) is 16.4. The molecule has 0 bridgehead atoms. The van der Waals surface area contributed by atoms with Crippen LogP contribution in [0.1, 0.15) is 43.7 Å². The van der Waals surface area contributed by atoms with Crippen LogP contribution in [0.25, 0.3) is 0 Å². The molecule has 2 heterocycles. The van der Waals surface area contributed by atoms with Crippen molar-refractivity contribution in [3.63, 3.8) is 0 Å². The van der Waals surface area contributed by atoms with E-state index in [4.69, 9.17) is 16.1 Å². The van der Waals surface area contributed by atoms with E-state index in [9.17, 15) is 8.42 Å². The molecule has 0 N–H and O–H groups in total. The lowest BCUT2D eigenvalue weighted by molar-refractivity contribution is 0.343. The summed E-state index contributed by atoms with van der Waals surface area (Å²) < 4.78 is 32.6. The monoisotopic (exact) mass is 354 g/mol. The molecule has 1 aliphatic rings. The van der Waals surface area contributed by atoms with E-state index < -0.39 is 10.0 Å². The maximum Gasteiger partial charge on any atom is 0.243 e. The summed E-state index contributed by atoms with van der Waals surface area (Å²) in [5.74, 6) is 0.800. The molecule has 1 fully saturated rings. The van der Waals surface area contributed by atoms with Crippen LogP contribution in [0, 0.1) is 0 Å². The van der Waals surface area contributed by atoms with Gasteiger partial charge in [-0.15, -0.1) is 0 Å². The molecule has 1 saturated heterocycles. The molecule has 1 atom stereocenters. The molecule has 0 spiro atoms. The molecule has 7 heteroatoms. The Bertz CT molecular complexity index is 788. The number of rotatable bonds is 5. The molecule has 1 aromatic carbocycles. The van der Waals surface area contributed by atoms with Gasteiger partial charge < -0.3 is 4.52 Å². The van der Waals surface area contributed by atoms with Gasteiger partial charge in [-0.25, -0.2) is 8.42 Å². The van der Waals surface area contributed by atoms with Gasteiger partial charge in [-0.1, -0.05) is 29.7 Å². The van der Waals surface area contributed by atoms with Crippen LogP contribution in [0.4, 0.5) is 0 Å². The predicted molar refractivity (Wildman–Crippen MR) is 87.8 cm³/mol. The van der Waals surface area contributed by atoms with Crippen LogP contribution in [0.15, 0.2) is 39.8 Å². The SMILES string of the molecule is CCCc1cc([C@H]2CCCN2S(=O)(=O)c2cccc(Cl)c2)no1. The van der Waals surface area contributed by atoms with Crippen LogP contribution in [-0.4, -0.2) is 24.4 Å². The van der Waals surface area contributed by atoms with E-state index in [-0.39, 0.29) is 10.9 Å². The Morgan fingerprint density at radius 2 is 2.22 bits per heavy atom. The second-order valence-electron chi connectivity index (χ2n) is 5.70. The molecule has 2 aromatic rings. The minimum atomic E-state index is -3.59. The summed E-state index contributed by atoms with van der Waals surface area (Å²) in [6.07, 6.45) is 3.32. The van der Waals surface area contributed by atoms with Crippen molar-refractivity contribution in [1.29, 1.82) is 0 Å². The van der Waals surface area contributed by atoms with Crippen molar-refractivity contribution in [2.24, 2.45) is 0 Å². The van der Waals surface area contributed by atoms with Crippen LogP contribution in [0.3, 0.4) is 0 Å². The maximum atomic E-state index is 12.9. The van der Waals surface area contributed by atoms with Gasteiger partial charge in [-0.2, -0.15) is 4.31 Å². The van der Waals surface area contributed by atoms with E-state index >= 15 is 0 Å². The van der Waals surface area contributed by atoms with Gasteiger partial charge in [0.1, 0.15) is 11.5 Å². The minimum absolute atomic E-state index is 0.217. The highest BCUT2D eigenvalue weighted by Crippen LogP contribution is 2.36. The molecule has 3 rings (SSSR count). The van der Waals surface area contributed by atoms with Crippen molar-refractivity contribution in [3.8, 4) is 0 Å². The van der Waals surface area contributed by atoms with Crippen LogP contribution in [-0.2, 0) is 16.4 Å². The van der Waals surface area contributed by atoms with Gasteiger partial charge in [0.25, 0.3) is 0 Å². The van der Waals surface area contributed by atoms with Gasteiger partial charge in [0.15, 0.2) is 0 Å². The molecular formula is C16H19ClN2O3S. The molecule has 5 nitrogen and oxygen atoms in total. The first-order valence-electron chi connectivity index (χ1n) is 7.75. The standard InChI is InChI=1S/C16H19ClN2O3S/c1-2-5-13-11-15(18-22-13)16-8-4-9-19(16)23(20,21)14-7-3-6-12(17)10-14/h3,6-7,10-11,16H,2,4-5,8-9H2,1H3/t16-/m1/s1. The third-order valence-electron chi connectivity index (χ3n) is 4.02. The number of halogens is 1. The Labute approximate surface area is 141 Å². The zero-order valence-corrected chi connectivity index (χ0v) is 14.5. The highest BCUT2D eigenvalue weighted by atomic mass is 35.5. The topological polar surface area (TPSA) is 63.4 Å². The lowest BCUT2D eigenvalue weighted by atomic mass is 10.1. The van der Waals surface area contributed by atoms with Crippen molar-refractivity contribution in [3.05, 3.63) is 46.8 Å². The summed E-state index contributed by atoms with van der Waals surface area (Å²) in [6.45, 7) is 2.54.